The molecule has 3 rings (SSSR count). The Labute approximate surface area is 183 Å². The predicted molar refractivity (Wildman–Crippen MR) is 112 cm³/mol. The number of halogens is 2. The van der Waals surface area contributed by atoms with Crippen LogP contribution < -0.4 is 15.6 Å². The summed E-state index contributed by atoms with van der Waals surface area (Å²) in [6.07, 6.45) is 1.60. The molecule has 30 heavy (non-hydrogen) atoms. The van der Waals surface area contributed by atoms with Crippen molar-refractivity contribution in [3.05, 3.63) is 63.6 Å². The predicted octanol–water partition coefficient (Wildman–Crippen LogP) is 2.53. The van der Waals surface area contributed by atoms with Crippen molar-refractivity contribution in [1.29, 1.82) is 0 Å². The molecule has 1 fully saturated rings. The summed E-state index contributed by atoms with van der Waals surface area (Å²) in [6, 6.07) is 9.67. The number of carbonyl (C=O) groups is 2. The van der Waals surface area contributed by atoms with Crippen molar-refractivity contribution >= 4 is 45.0 Å². The van der Waals surface area contributed by atoms with Crippen molar-refractivity contribution in [2.24, 2.45) is 0 Å². The molecule has 2 aromatic carbocycles. The molecule has 1 heterocycles. The van der Waals surface area contributed by atoms with E-state index in [0.29, 0.717) is 11.6 Å². The molecule has 1 unspecified atom stereocenters. The van der Waals surface area contributed by atoms with Gasteiger partial charge in [-0.1, -0.05) is 23.2 Å². The van der Waals surface area contributed by atoms with E-state index in [0.717, 1.165) is 12.8 Å². The minimum Gasteiger partial charge on any atom is -0.377 e. The van der Waals surface area contributed by atoms with Crippen LogP contribution in [0.3, 0.4) is 0 Å². The van der Waals surface area contributed by atoms with Crippen molar-refractivity contribution in [2.75, 3.05) is 13.2 Å². The Morgan fingerprint density at radius 3 is 2.40 bits per heavy atom. The number of rotatable bonds is 6. The van der Waals surface area contributed by atoms with Gasteiger partial charge in [0, 0.05) is 23.7 Å². The van der Waals surface area contributed by atoms with Crippen LogP contribution in [0.15, 0.2) is 47.4 Å². The molecule has 1 atom stereocenters. The summed E-state index contributed by atoms with van der Waals surface area (Å²) in [5.74, 6) is -1.27. The molecule has 8 nitrogen and oxygen atoms in total. The lowest BCUT2D eigenvalue weighted by molar-refractivity contribution is 0.0846. The number of hydrogen-bond donors (Lipinski definition) is 3. The van der Waals surface area contributed by atoms with E-state index < -0.39 is 21.8 Å². The van der Waals surface area contributed by atoms with Crippen LogP contribution in [0.25, 0.3) is 0 Å². The van der Waals surface area contributed by atoms with E-state index in [9.17, 15) is 18.0 Å². The fraction of sp³-hybridized carbons (Fsp3) is 0.263. The fourth-order valence-electron chi connectivity index (χ4n) is 2.80. The largest absolute Gasteiger partial charge is 0.377 e. The van der Waals surface area contributed by atoms with Crippen molar-refractivity contribution in [1.82, 2.24) is 15.6 Å². The number of nitrogens with one attached hydrogen (secondary N) is 3. The Bertz CT molecular complexity index is 1040. The standard InChI is InChI=1S/C19H19Cl2N3O5S/c20-13-5-8-17(21)16(10-13)19(26)24-23-18(25)12-3-6-15(7-4-12)30(27,28)22-11-14-2-1-9-29-14/h3-8,10,14,22H,1-2,9,11H2,(H,23,25)(H,24,26). The van der Waals surface area contributed by atoms with Gasteiger partial charge in [0.15, 0.2) is 0 Å². The zero-order chi connectivity index (χ0) is 21.7. The minimum absolute atomic E-state index is 0.0202. The number of ether oxygens (including phenoxy) is 1. The van der Waals surface area contributed by atoms with Crippen LogP contribution in [-0.2, 0) is 14.8 Å². The van der Waals surface area contributed by atoms with E-state index in [1.54, 1.807) is 0 Å². The van der Waals surface area contributed by atoms with Gasteiger partial charge in [-0.15, -0.1) is 0 Å². The maximum atomic E-state index is 12.4. The molecule has 1 saturated heterocycles. The topological polar surface area (TPSA) is 114 Å². The van der Waals surface area contributed by atoms with Gasteiger partial charge in [0.05, 0.1) is 21.6 Å². The van der Waals surface area contributed by atoms with Crippen LogP contribution in [0.1, 0.15) is 33.6 Å². The van der Waals surface area contributed by atoms with E-state index in [4.69, 9.17) is 27.9 Å². The van der Waals surface area contributed by atoms with Gasteiger partial charge in [0.2, 0.25) is 10.0 Å². The molecule has 1 aliphatic heterocycles. The van der Waals surface area contributed by atoms with Crippen molar-refractivity contribution in [3.8, 4) is 0 Å². The zero-order valence-corrected chi connectivity index (χ0v) is 18.0. The van der Waals surface area contributed by atoms with Crippen LogP contribution in [0.2, 0.25) is 10.0 Å². The second-order valence-electron chi connectivity index (χ2n) is 6.54. The molecule has 0 bridgehead atoms. The Balaban J connectivity index is 1.57. The van der Waals surface area contributed by atoms with E-state index in [1.165, 1.54) is 42.5 Å². The van der Waals surface area contributed by atoms with Crippen LogP contribution in [0.4, 0.5) is 0 Å². The molecule has 2 aromatic rings. The molecular formula is C19H19Cl2N3O5S. The Hall–Kier alpha value is -2.17. The van der Waals surface area contributed by atoms with E-state index >= 15 is 0 Å². The molecule has 0 radical (unpaired) electrons. The van der Waals surface area contributed by atoms with Gasteiger partial charge in [-0.2, -0.15) is 0 Å². The first-order valence-corrected chi connectivity index (χ1v) is 11.3. The second-order valence-corrected chi connectivity index (χ2v) is 9.15. The molecule has 160 valence electrons. The molecule has 11 heteroatoms. The molecule has 0 aromatic heterocycles. The molecular weight excluding hydrogens is 453 g/mol. The lowest BCUT2D eigenvalue weighted by atomic mass is 10.2. The average Bonchev–Trinajstić information content (AvgIpc) is 3.26. The summed E-state index contributed by atoms with van der Waals surface area (Å²) >= 11 is 11.8. The zero-order valence-electron chi connectivity index (χ0n) is 15.7. The number of hydrazine groups is 1. The van der Waals surface area contributed by atoms with Gasteiger partial charge < -0.3 is 4.74 Å². The summed E-state index contributed by atoms with van der Waals surface area (Å²) in [4.78, 5) is 24.4. The quantitative estimate of drug-likeness (QED) is 0.560. The van der Waals surface area contributed by atoms with E-state index in [1.807, 2.05) is 0 Å². The SMILES string of the molecule is O=C(NNC(=O)c1cc(Cl)ccc1Cl)c1ccc(S(=O)(=O)NCC2CCCO2)cc1. The highest BCUT2D eigenvalue weighted by atomic mass is 35.5. The number of amides is 2. The fourth-order valence-corrected chi connectivity index (χ4v) is 4.24. The lowest BCUT2D eigenvalue weighted by Crippen LogP contribution is -2.41. The first-order chi connectivity index (χ1) is 14.3. The first-order valence-electron chi connectivity index (χ1n) is 9.03. The normalized spacial score (nSPS) is 16.3. The monoisotopic (exact) mass is 471 g/mol. The van der Waals surface area contributed by atoms with Crippen molar-refractivity contribution in [3.63, 3.8) is 0 Å². The summed E-state index contributed by atoms with van der Waals surface area (Å²) < 4.78 is 32.6. The summed E-state index contributed by atoms with van der Waals surface area (Å²) in [6.45, 7) is 0.832. The third kappa shape index (κ3) is 5.71. The second kappa shape index (κ2) is 9.76. The molecule has 3 N–H and O–H groups in total. The van der Waals surface area contributed by atoms with Crippen LogP contribution in [0.5, 0.6) is 0 Å². The Kier molecular flexibility index (Phi) is 7.32. The van der Waals surface area contributed by atoms with Crippen LogP contribution in [-0.4, -0.2) is 39.5 Å². The third-order valence-electron chi connectivity index (χ3n) is 4.41. The van der Waals surface area contributed by atoms with E-state index in [2.05, 4.69) is 15.6 Å². The van der Waals surface area contributed by atoms with Crippen LogP contribution >= 0.6 is 23.2 Å². The average molecular weight is 472 g/mol. The highest BCUT2D eigenvalue weighted by Gasteiger charge is 2.20. The number of benzene rings is 2. The molecule has 2 amide bonds. The van der Waals surface area contributed by atoms with Crippen molar-refractivity contribution in [2.45, 2.75) is 23.8 Å². The molecule has 0 spiro atoms. The van der Waals surface area contributed by atoms with Gasteiger partial charge in [0.1, 0.15) is 0 Å². The van der Waals surface area contributed by atoms with Gasteiger partial charge in [-0.05, 0) is 55.3 Å². The number of carbonyl (C=O) groups excluding carboxylic acids is 2. The number of sulfonamides is 1. The highest BCUT2D eigenvalue weighted by molar-refractivity contribution is 7.89. The van der Waals surface area contributed by atoms with E-state index in [-0.39, 0.29) is 33.7 Å². The van der Waals surface area contributed by atoms with Gasteiger partial charge in [-0.3, -0.25) is 20.4 Å². The number of hydrogen-bond acceptors (Lipinski definition) is 5. The first kappa shape index (κ1) is 22.5. The third-order valence-corrected chi connectivity index (χ3v) is 6.42. The molecule has 1 aliphatic rings. The summed E-state index contributed by atoms with van der Waals surface area (Å²) in [5.41, 5.74) is 4.74. The van der Waals surface area contributed by atoms with Crippen molar-refractivity contribution < 1.29 is 22.7 Å². The maximum absolute atomic E-state index is 12.4. The molecule has 0 saturated carbocycles. The van der Waals surface area contributed by atoms with Gasteiger partial charge >= 0.3 is 0 Å². The minimum atomic E-state index is -3.72. The summed E-state index contributed by atoms with van der Waals surface area (Å²) in [7, 11) is -3.72. The smallest absolute Gasteiger partial charge is 0.271 e. The Morgan fingerprint density at radius 2 is 1.73 bits per heavy atom. The molecule has 0 aliphatic carbocycles. The van der Waals surface area contributed by atoms with Gasteiger partial charge in [-0.25, -0.2) is 13.1 Å². The maximum Gasteiger partial charge on any atom is 0.271 e. The van der Waals surface area contributed by atoms with Crippen LogP contribution in [0, 0.1) is 0 Å². The Morgan fingerprint density at radius 1 is 1.03 bits per heavy atom. The highest BCUT2D eigenvalue weighted by Crippen LogP contribution is 2.20. The van der Waals surface area contributed by atoms with Gasteiger partial charge in [0.25, 0.3) is 11.8 Å². The lowest BCUT2D eigenvalue weighted by Gasteiger charge is -2.12. The summed E-state index contributed by atoms with van der Waals surface area (Å²) in [5, 5.41) is 0.497.